The van der Waals surface area contributed by atoms with Gasteiger partial charge in [0, 0.05) is 11.3 Å². The van der Waals surface area contributed by atoms with Gasteiger partial charge in [-0.05, 0) is 55.2 Å². The first-order chi connectivity index (χ1) is 16.3. The SMILES string of the molecule is CC1(CC2CC2)C(=O)C(C2=NP(=O)(O)c3cc(NS(C)(=O)=O)ccc3N2)=C(O)c2cc(F)ccc21. The third-order valence-corrected chi connectivity index (χ3v) is 8.61. The fraction of sp³-hybridized carbons (Fsp3) is 0.304. The van der Waals surface area contributed by atoms with E-state index in [2.05, 4.69) is 14.8 Å². The summed E-state index contributed by atoms with van der Waals surface area (Å²) in [5.41, 5.74) is -0.542. The predicted molar refractivity (Wildman–Crippen MR) is 131 cm³/mol. The number of hydrogen-bond donors (Lipinski definition) is 4. The molecule has 184 valence electrons. The Morgan fingerprint density at radius 3 is 2.63 bits per heavy atom. The molecule has 0 bridgehead atoms. The number of aliphatic hydroxyl groups excluding tert-OH is 1. The first-order valence-electron chi connectivity index (χ1n) is 10.9. The van der Waals surface area contributed by atoms with Gasteiger partial charge >= 0.3 is 7.52 Å². The summed E-state index contributed by atoms with van der Waals surface area (Å²) >= 11 is 0. The molecule has 12 heteroatoms. The molecule has 4 N–H and O–H groups in total. The summed E-state index contributed by atoms with van der Waals surface area (Å²) in [6.07, 6.45) is 3.37. The Balaban J connectivity index is 1.64. The van der Waals surface area contributed by atoms with Gasteiger partial charge in [0.05, 0.1) is 22.7 Å². The number of Topliss-reactive ketones (excluding diaryl/α,β-unsaturated/α-hetero) is 1. The molecule has 2 atom stereocenters. The van der Waals surface area contributed by atoms with Gasteiger partial charge in [0.15, 0.2) is 5.78 Å². The number of fused-ring (bicyclic) bond motifs is 2. The molecular formula is C23H23FN3O6PS. The van der Waals surface area contributed by atoms with Crippen LogP contribution in [0, 0.1) is 11.7 Å². The smallest absolute Gasteiger partial charge is 0.346 e. The summed E-state index contributed by atoms with van der Waals surface area (Å²) in [5, 5.41) is 13.7. The Morgan fingerprint density at radius 2 is 1.97 bits per heavy atom. The first kappa shape index (κ1) is 23.7. The van der Waals surface area contributed by atoms with Crippen LogP contribution in [0.1, 0.15) is 37.3 Å². The number of sulfonamides is 1. The van der Waals surface area contributed by atoms with Crippen LogP contribution in [0.3, 0.4) is 0 Å². The standard InChI is InChI=1S/C23H23FN3O6PS/c1-23(11-12-3-4-12)16-7-5-13(24)9-15(16)20(28)19(21(23)29)22-25-17-8-6-14(27-35(2,32)33)10-18(17)34(30,31)26-22/h5-10,12,27-28H,3-4,11H2,1-2H3,(H2,25,26,30,31). The molecule has 1 heterocycles. The van der Waals surface area contributed by atoms with Crippen molar-refractivity contribution in [3.05, 3.63) is 58.9 Å². The zero-order chi connectivity index (χ0) is 25.3. The second-order valence-electron chi connectivity index (χ2n) is 9.45. The van der Waals surface area contributed by atoms with Crippen LogP contribution >= 0.6 is 7.52 Å². The molecule has 3 aliphatic rings. The topological polar surface area (TPSA) is 145 Å². The molecule has 35 heavy (non-hydrogen) atoms. The summed E-state index contributed by atoms with van der Waals surface area (Å²) in [4.78, 5) is 24.5. The number of carbonyl (C=O) groups is 1. The molecule has 9 nitrogen and oxygen atoms in total. The molecule has 0 radical (unpaired) electrons. The van der Waals surface area contributed by atoms with Gasteiger partial charge in [0.1, 0.15) is 23.0 Å². The quantitative estimate of drug-likeness (QED) is 0.443. The maximum absolute atomic E-state index is 14.1. The van der Waals surface area contributed by atoms with E-state index >= 15 is 0 Å². The highest BCUT2D eigenvalue weighted by Crippen LogP contribution is 2.51. The van der Waals surface area contributed by atoms with Crippen LogP contribution in [-0.4, -0.2) is 36.3 Å². The van der Waals surface area contributed by atoms with Crippen molar-refractivity contribution < 1.29 is 32.2 Å². The number of carbonyl (C=O) groups excluding carboxylic acids is 1. The van der Waals surface area contributed by atoms with Gasteiger partial charge in [-0.1, -0.05) is 18.9 Å². The average Bonchev–Trinajstić information content (AvgIpc) is 3.55. The number of benzene rings is 2. The van der Waals surface area contributed by atoms with Crippen LogP contribution in [0.25, 0.3) is 5.76 Å². The third-order valence-electron chi connectivity index (χ3n) is 6.53. The molecule has 5 rings (SSSR count). The number of aliphatic hydroxyl groups is 1. The Bertz CT molecular complexity index is 1520. The third kappa shape index (κ3) is 4.17. The van der Waals surface area contributed by atoms with Crippen molar-refractivity contribution in [2.75, 3.05) is 16.3 Å². The lowest BCUT2D eigenvalue weighted by molar-refractivity contribution is -0.120. The molecule has 0 amide bonds. The molecule has 1 fully saturated rings. The fourth-order valence-electron chi connectivity index (χ4n) is 4.77. The molecule has 2 aromatic carbocycles. The first-order valence-corrected chi connectivity index (χ1v) is 14.4. The highest BCUT2D eigenvalue weighted by molar-refractivity contribution is 7.92. The van der Waals surface area contributed by atoms with Crippen LogP contribution in [0.15, 0.2) is 46.7 Å². The summed E-state index contributed by atoms with van der Waals surface area (Å²) in [7, 11) is -8.10. The van der Waals surface area contributed by atoms with E-state index in [4.69, 9.17) is 0 Å². The normalized spacial score (nSPS) is 25.9. The highest BCUT2D eigenvalue weighted by atomic mass is 32.2. The van der Waals surface area contributed by atoms with Crippen LogP contribution in [-0.2, 0) is 24.8 Å². The van der Waals surface area contributed by atoms with Crippen molar-refractivity contribution >= 4 is 51.6 Å². The summed E-state index contributed by atoms with van der Waals surface area (Å²) < 4.78 is 56.5. The van der Waals surface area contributed by atoms with Gasteiger partial charge in [-0.25, -0.2) is 12.8 Å². The number of anilines is 2. The molecule has 0 aromatic heterocycles. The van der Waals surface area contributed by atoms with Crippen molar-refractivity contribution in [2.24, 2.45) is 10.7 Å². The van der Waals surface area contributed by atoms with E-state index in [9.17, 15) is 32.2 Å². The maximum atomic E-state index is 14.1. The van der Waals surface area contributed by atoms with Crippen LogP contribution in [0.5, 0.6) is 0 Å². The number of nitrogens with one attached hydrogen (secondary N) is 2. The monoisotopic (exact) mass is 519 g/mol. The minimum absolute atomic E-state index is 0.0678. The fourth-order valence-corrected chi connectivity index (χ4v) is 6.60. The molecular weight excluding hydrogens is 496 g/mol. The van der Waals surface area contributed by atoms with Gasteiger partial charge < -0.3 is 15.3 Å². The molecule has 2 aromatic rings. The van der Waals surface area contributed by atoms with Crippen molar-refractivity contribution in [3.8, 4) is 0 Å². The predicted octanol–water partition coefficient (Wildman–Crippen LogP) is 3.44. The van der Waals surface area contributed by atoms with Crippen molar-refractivity contribution in [1.82, 2.24) is 0 Å². The van der Waals surface area contributed by atoms with Crippen molar-refractivity contribution in [1.29, 1.82) is 0 Å². The molecule has 1 aliphatic heterocycles. The van der Waals surface area contributed by atoms with E-state index in [1.54, 1.807) is 6.92 Å². The van der Waals surface area contributed by atoms with E-state index in [0.717, 1.165) is 25.2 Å². The Morgan fingerprint density at radius 1 is 1.26 bits per heavy atom. The van der Waals surface area contributed by atoms with E-state index < -0.39 is 40.3 Å². The highest BCUT2D eigenvalue weighted by Gasteiger charge is 2.49. The average molecular weight is 519 g/mol. The van der Waals surface area contributed by atoms with Crippen molar-refractivity contribution in [2.45, 2.75) is 31.6 Å². The van der Waals surface area contributed by atoms with E-state index in [1.165, 1.54) is 30.3 Å². The minimum Gasteiger partial charge on any atom is -0.506 e. The lowest BCUT2D eigenvalue weighted by Crippen LogP contribution is -2.43. The van der Waals surface area contributed by atoms with E-state index in [1.807, 2.05) is 0 Å². The zero-order valence-corrected chi connectivity index (χ0v) is 20.6. The lowest BCUT2D eigenvalue weighted by Gasteiger charge is -2.36. The Kier molecular flexibility index (Phi) is 5.25. The molecule has 2 unspecified atom stereocenters. The Hall–Kier alpha value is -3.01. The van der Waals surface area contributed by atoms with Gasteiger partial charge in [0.25, 0.3) is 0 Å². The van der Waals surface area contributed by atoms with Crippen LogP contribution in [0.2, 0.25) is 0 Å². The number of halogens is 1. The van der Waals surface area contributed by atoms with Crippen LogP contribution < -0.4 is 15.3 Å². The van der Waals surface area contributed by atoms with E-state index in [-0.39, 0.29) is 33.7 Å². The zero-order valence-electron chi connectivity index (χ0n) is 18.9. The number of ketones is 1. The molecule has 2 aliphatic carbocycles. The second kappa shape index (κ2) is 7.74. The molecule has 0 saturated heterocycles. The van der Waals surface area contributed by atoms with Crippen LogP contribution in [0.4, 0.5) is 15.8 Å². The number of hydrogen-bond acceptors (Lipinski definition) is 6. The Labute approximate surface area is 201 Å². The lowest BCUT2D eigenvalue weighted by atomic mass is 9.66. The number of amidine groups is 1. The largest absolute Gasteiger partial charge is 0.506 e. The van der Waals surface area contributed by atoms with Gasteiger partial charge in [-0.15, -0.1) is 0 Å². The molecule has 1 saturated carbocycles. The number of nitrogens with zero attached hydrogens (tertiary/aromatic N) is 1. The minimum atomic E-state index is -4.48. The van der Waals surface area contributed by atoms with Crippen molar-refractivity contribution in [3.63, 3.8) is 0 Å². The maximum Gasteiger partial charge on any atom is 0.346 e. The van der Waals surface area contributed by atoms with Gasteiger partial charge in [-0.3, -0.25) is 14.1 Å². The van der Waals surface area contributed by atoms with Gasteiger partial charge in [0.2, 0.25) is 10.0 Å². The second-order valence-corrected chi connectivity index (χ2v) is 13.0. The summed E-state index contributed by atoms with van der Waals surface area (Å²) in [5.74, 6) is -1.59. The summed E-state index contributed by atoms with van der Waals surface area (Å²) in [6.45, 7) is 1.73. The summed E-state index contributed by atoms with van der Waals surface area (Å²) in [6, 6.07) is 7.82. The van der Waals surface area contributed by atoms with E-state index in [0.29, 0.717) is 17.9 Å². The van der Waals surface area contributed by atoms with Gasteiger partial charge in [-0.2, -0.15) is 4.76 Å². The number of rotatable bonds is 5. The molecule has 0 spiro atoms.